The van der Waals surface area contributed by atoms with Crippen LogP contribution in [-0.2, 0) is 10.3 Å². The zero-order valence-corrected chi connectivity index (χ0v) is 13.8. The van der Waals surface area contributed by atoms with E-state index in [4.69, 9.17) is 0 Å². The minimum absolute atomic E-state index is 0. The third-order valence-corrected chi connectivity index (χ3v) is 4.30. The van der Waals surface area contributed by atoms with E-state index >= 15 is 0 Å². The van der Waals surface area contributed by atoms with Crippen molar-refractivity contribution in [2.45, 2.75) is 32.7 Å². The number of aromatic nitrogens is 1. The van der Waals surface area contributed by atoms with Crippen molar-refractivity contribution in [1.82, 2.24) is 15.6 Å². The Morgan fingerprint density at radius 1 is 1.53 bits per heavy atom. The number of nitrogens with zero attached hydrogens (tertiary/aromatic N) is 1. The average molecular weight is 326 g/mol. The fourth-order valence-electron chi connectivity index (χ4n) is 1.98. The lowest BCUT2D eigenvalue weighted by atomic mass is 10.0. The lowest BCUT2D eigenvalue weighted by molar-refractivity contribution is -0.126. The molecular weight excluding hydrogens is 305 g/mol. The number of carbonyl (C=O) groups excluding carboxylic acids is 1. The van der Waals surface area contributed by atoms with Gasteiger partial charge in [-0.05, 0) is 33.7 Å². The number of hydrogen-bond acceptors (Lipinski definition) is 4. The van der Waals surface area contributed by atoms with Crippen molar-refractivity contribution in [2.75, 3.05) is 13.1 Å². The van der Waals surface area contributed by atoms with Crippen LogP contribution in [-0.4, -0.2) is 24.0 Å². The van der Waals surface area contributed by atoms with Crippen molar-refractivity contribution in [3.63, 3.8) is 0 Å². The molecule has 1 unspecified atom stereocenters. The highest BCUT2D eigenvalue weighted by Gasteiger charge is 2.30. The molecule has 0 bridgehead atoms. The molecule has 1 aromatic heterocycles. The Labute approximate surface area is 130 Å². The molecule has 1 aromatic rings. The number of thiazole rings is 1. The molecule has 110 valence electrons. The van der Waals surface area contributed by atoms with Gasteiger partial charge in [0.05, 0.1) is 11.5 Å². The van der Waals surface area contributed by atoms with Crippen LogP contribution in [0.4, 0.5) is 0 Å². The van der Waals surface area contributed by atoms with Gasteiger partial charge in [-0.2, -0.15) is 0 Å². The minimum Gasteiger partial charge on any atom is -0.344 e. The van der Waals surface area contributed by atoms with E-state index in [0.717, 1.165) is 30.2 Å². The SMILES string of the molecule is Cc1csc(C(C)(C)NC(=O)C2CCNC2)n1.Cl.Cl. The van der Waals surface area contributed by atoms with Crippen LogP contribution < -0.4 is 10.6 Å². The van der Waals surface area contributed by atoms with E-state index in [-0.39, 0.29) is 42.2 Å². The second-order valence-electron chi connectivity index (χ2n) is 5.10. The maximum atomic E-state index is 12.1. The van der Waals surface area contributed by atoms with Gasteiger partial charge >= 0.3 is 0 Å². The minimum atomic E-state index is -0.376. The summed E-state index contributed by atoms with van der Waals surface area (Å²) in [5.74, 6) is 0.239. The molecule has 1 saturated heterocycles. The van der Waals surface area contributed by atoms with Gasteiger partial charge in [0, 0.05) is 17.6 Å². The van der Waals surface area contributed by atoms with Gasteiger partial charge in [-0.25, -0.2) is 4.98 Å². The highest BCUT2D eigenvalue weighted by Crippen LogP contribution is 2.24. The fraction of sp³-hybridized carbons (Fsp3) is 0.667. The molecule has 0 radical (unpaired) electrons. The van der Waals surface area contributed by atoms with E-state index in [1.54, 1.807) is 11.3 Å². The normalized spacial score (nSPS) is 18.4. The Hall–Kier alpha value is -0.360. The molecule has 2 N–H and O–H groups in total. The van der Waals surface area contributed by atoms with Gasteiger partial charge in [-0.15, -0.1) is 36.2 Å². The van der Waals surface area contributed by atoms with E-state index in [1.165, 1.54) is 0 Å². The summed E-state index contributed by atoms with van der Waals surface area (Å²) in [6.45, 7) is 7.71. The molecule has 0 aliphatic carbocycles. The maximum Gasteiger partial charge on any atom is 0.225 e. The summed E-state index contributed by atoms with van der Waals surface area (Å²) in [6, 6.07) is 0. The molecule has 0 aromatic carbocycles. The van der Waals surface area contributed by atoms with Crippen molar-refractivity contribution < 1.29 is 4.79 Å². The van der Waals surface area contributed by atoms with Crippen LogP contribution in [0.1, 0.15) is 31.0 Å². The topological polar surface area (TPSA) is 54.0 Å². The highest BCUT2D eigenvalue weighted by atomic mass is 35.5. The van der Waals surface area contributed by atoms with Crippen LogP contribution in [0.25, 0.3) is 0 Å². The Balaban J connectivity index is 0.00000162. The standard InChI is InChI=1S/C12H19N3OS.2ClH/c1-8-7-17-11(14-8)12(2,3)15-10(16)9-4-5-13-6-9;;/h7,9,13H,4-6H2,1-3H3,(H,15,16);2*1H. The number of amides is 1. The summed E-state index contributed by atoms with van der Waals surface area (Å²) < 4.78 is 0. The van der Waals surface area contributed by atoms with Crippen molar-refractivity contribution in [2.24, 2.45) is 5.92 Å². The van der Waals surface area contributed by atoms with Gasteiger partial charge in [0.1, 0.15) is 5.01 Å². The van der Waals surface area contributed by atoms with Crippen molar-refractivity contribution in [1.29, 1.82) is 0 Å². The number of carbonyl (C=O) groups is 1. The molecule has 1 aliphatic heterocycles. The molecule has 7 heteroatoms. The molecule has 0 saturated carbocycles. The summed E-state index contributed by atoms with van der Waals surface area (Å²) in [5.41, 5.74) is 0.633. The number of aryl methyl sites for hydroxylation is 1. The molecule has 1 aliphatic rings. The second-order valence-corrected chi connectivity index (χ2v) is 5.96. The van der Waals surface area contributed by atoms with E-state index in [9.17, 15) is 4.79 Å². The first-order valence-electron chi connectivity index (χ1n) is 5.94. The second kappa shape index (κ2) is 7.43. The van der Waals surface area contributed by atoms with Gasteiger partial charge in [-0.1, -0.05) is 0 Å². The Bertz CT molecular complexity index is 417. The average Bonchev–Trinajstić information content (AvgIpc) is 2.86. The maximum absolute atomic E-state index is 12.1. The summed E-state index contributed by atoms with van der Waals surface area (Å²) in [7, 11) is 0. The predicted molar refractivity (Wildman–Crippen MR) is 83.5 cm³/mol. The first-order chi connectivity index (χ1) is 7.99. The van der Waals surface area contributed by atoms with Crippen molar-refractivity contribution in [3.05, 3.63) is 16.1 Å². The summed E-state index contributed by atoms with van der Waals surface area (Å²) in [6.07, 6.45) is 0.929. The first kappa shape index (κ1) is 18.6. The van der Waals surface area contributed by atoms with Gasteiger partial charge in [-0.3, -0.25) is 4.79 Å². The molecule has 2 heterocycles. The highest BCUT2D eigenvalue weighted by molar-refractivity contribution is 7.09. The zero-order chi connectivity index (χ0) is 12.5. The van der Waals surface area contributed by atoms with Crippen molar-refractivity contribution in [3.8, 4) is 0 Å². The lowest BCUT2D eigenvalue weighted by Gasteiger charge is -2.25. The summed E-state index contributed by atoms with van der Waals surface area (Å²) >= 11 is 1.60. The van der Waals surface area contributed by atoms with Crippen molar-refractivity contribution >= 4 is 42.1 Å². The fourth-order valence-corrected chi connectivity index (χ4v) is 2.86. The first-order valence-corrected chi connectivity index (χ1v) is 6.82. The van der Waals surface area contributed by atoms with E-state index in [0.29, 0.717) is 0 Å². The number of rotatable bonds is 3. The molecule has 19 heavy (non-hydrogen) atoms. The molecule has 4 nitrogen and oxygen atoms in total. The number of halogens is 2. The van der Waals surface area contributed by atoms with E-state index in [1.807, 2.05) is 26.2 Å². The summed E-state index contributed by atoms with van der Waals surface area (Å²) in [4.78, 5) is 16.5. The summed E-state index contributed by atoms with van der Waals surface area (Å²) in [5, 5.41) is 9.29. The Morgan fingerprint density at radius 3 is 2.68 bits per heavy atom. The molecular formula is C12H21Cl2N3OS. The van der Waals surface area contributed by atoms with Crippen LogP contribution >= 0.6 is 36.2 Å². The largest absolute Gasteiger partial charge is 0.344 e. The van der Waals surface area contributed by atoms with Crippen LogP contribution in [0.15, 0.2) is 5.38 Å². The molecule has 1 fully saturated rings. The molecule has 0 spiro atoms. The Kier molecular flexibility index (Phi) is 7.29. The van der Waals surface area contributed by atoms with E-state index in [2.05, 4.69) is 15.6 Å². The smallest absolute Gasteiger partial charge is 0.225 e. The Morgan fingerprint density at radius 2 is 2.21 bits per heavy atom. The lowest BCUT2D eigenvalue weighted by Crippen LogP contribution is -2.44. The van der Waals surface area contributed by atoms with Crippen LogP contribution in [0.3, 0.4) is 0 Å². The third kappa shape index (κ3) is 4.60. The zero-order valence-electron chi connectivity index (χ0n) is 11.4. The number of nitrogens with one attached hydrogen (secondary N) is 2. The van der Waals surface area contributed by atoms with Crippen LogP contribution in [0, 0.1) is 12.8 Å². The molecule has 1 atom stereocenters. The van der Waals surface area contributed by atoms with Gasteiger partial charge in [0.2, 0.25) is 5.91 Å². The van der Waals surface area contributed by atoms with Gasteiger partial charge < -0.3 is 10.6 Å². The van der Waals surface area contributed by atoms with Gasteiger partial charge in [0.25, 0.3) is 0 Å². The third-order valence-electron chi connectivity index (χ3n) is 3.02. The van der Waals surface area contributed by atoms with Gasteiger partial charge in [0.15, 0.2) is 0 Å². The molecule has 2 rings (SSSR count). The number of hydrogen-bond donors (Lipinski definition) is 2. The van der Waals surface area contributed by atoms with E-state index < -0.39 is 0 Å². The van der Waals surface area contributed by atoms with Crippen LogP contribution in [0.2, 0.25) is 0 Å². The quantitative estimate of drug-likeness (QED) is 0.896. The molecule has 1 amide bonds. The predicted octanol–water partition coefficient (Wildman–Crippen LogP) is 2.26. The monoisotopic (exact) mass is 325 g/mol. The van der Waals surface area contributed by atoms with Crippen LogP contribution in [0.5, 0.6) is 0 Å².